The van der Waals surface area contributed by atoms with Gasteiger partial charge in [0.1, 0.15) is 6.04 Å². The summed E-state index contributed by atoms with van der Waals surface area (Å²) in [5, 5.41) is 0. The van der Waals surface area contributed by atoms with Crippen LogP contribution in [-0.4, -0.2) is 24.7 Å². The predicted octanol–water partition coefficient (Wildman–Crippen LogP) is 4.04. The van der Waals surface area contributed by atoms with Crippen LogP contribution in [0.5, 0.6) is 0 Å². The lowest BCUT2D eigenvalue weighted by molar-refractivity contribution is -0.151. The van der Waals surface area contributed by atoms with Crippen LogP contribution in [0.4, 0.5) is 0 Å². The van der Waals surface area contributed by atoms with Crippen molar-refractivity contribution in [3.63, 3.8) is 0 Å². The third-order valence-electron chi connectivity index (χ3n) is 6.53. The Balaban J connectivity index is 1.70. The number of fused-ring (bicyclic) bond motifs is 5. The fraction of sp³-hybridized carbons (Fsp3) is 0.160. The molecule has 1 saturated heterocycles. The van der Waals surface area contributed by atoms with E-state index in [1.807, 2.05) is 78.9 Å². The number of carbonyl (C=O) groups is 1. The molecule has 1 fully saturated rings. The van der Waals surface area contributed by atoms with Crippen LogP contribution in [0.1, 0.15) is 29.0 Å². The number of ether oxygens (including phenoxy) is 1. The van der Waals surface area contributed by atoms with Gasteiger partial charge >= 0.3 is 5.97 Å². The van der Waals surface area contributed by atoms with E-state index in [2.05, 4.69) is 0 Å². The van der Waals surface area contributed by atoms with Gasteiger partial charge in [0.15, 0.2) is 5.60 Å². The first-order valence-corrected chi connectivity index (χ1v) is 11.7. The average Bonchev–Trinajstić information content (AvgIpc) is 3.26. The highest BCUT2D eigenvalue weighted by atomic mass is 32.2. The van der Waals surface area contributed by atoms with Crippen molar-refractivity contribution in [1.82, 2.24) is 4.31 Å². The van der Waals surface area contributed by atoms with Crippen molar-refractivity contribution < 1.29 is 17.9 Å². The molecule has 6 rings (SSSR count). The summed E-state index contributed by atoms with van der Waals surface area (Å²) < 4.78 is 34.7. The van der Waals surface area contributed by atoms with Crippen molar-refractivity contribution in [1.29, 1.82) is 0 Å². The molecule has 0 saturated carbocycles. The second-order valence-electron chi connectivity index (χ2n) is 8.09. The second kappa shape index (κ2) is 6.31. The van der Waals surface area contributed by atoms with Gasteiger partial charge in [-0.1, -0.05) is 78.9 Å². The molecule has 0 amide bonds. The first-order valence-electron chi connectivity index (χ1n) is 10.2. The van der Waals surface area contributed by atoms with Gasteiger partial charge in [-0.3, -0.25) is 9.10 Å². The van der Waals surface area contributed by atoms with E-state index in [1.165, 1.54) is 4.31 Å². The van der Waals surface area contributed by atoms with E-state index in [0.29, 0.717) is 11.3 Å². The van der Waals surface area contributed by atoms with E-state index >= 15 is 0 Å². The minimum Gasteiger partial charge on any atom is -0.451 e. The van der Waals surface area contributed by atoms with Gasteiger partial charge in [-0.05, 0) is 23.3 Å². The summed E-state index contributed by atoms with van der Waals surface area (Å²) in [4.78, 5) is 13.0. The van der Waals surface area contributed by atoms with Crippen molar-refractivity contribution in [2.75, 3.05) is 0 Å². The fourth-order valence-electron chi connectivity index (χ4n) is 5.31. The highest BCUT2D eigenvalue weighted by Crippen LogP contribution is 2.58. The Morgan fingerprint density at radius 3 is 2.26 bits per heavy atom. The van der Waals surface area contributed by atoms with Gasteiger partial charge < -0.3 is 4.74 Å². The number of rotatable bonds is 2. The number of carbonyl (C=O) groups excluding carboxylic acids is 1. The molecule has 0 radical (unpaired) electrons. The zero-order chi connectivity index (χ0) is 21.2. The fourth-order valence-corrected chi connectivity index (χ4v) is 7.20. The first kappa shape index (κ1) is 18.4. The molecule has 5 nitrogen and oxygen atoms in total. The summed E-state index contributed by atoms with van der Waals surface area (Å²) in [6.07, 6.45) is 1.96. The van der Waals surface area contributed by atoms with Crippen LogP contribution in [0.25, 0.3) is 5.70 Å². The zero-order valence-electron chi connectivity index (χ0n) is 16.5. The molecule has 3 aliphatic heterocycles. The molecule has 3 atom stereocenters. The summed E-state index contributed by atoms with van der Waals surface area (Å²) in [6, 6.07) is 25.7. The van der Waals surface area contributed by atoms with Crippen LogP contribution in [0.3, 0.4) is 0 Å². The van der Waals surface area contributed by atoms with Crippen molar-refractivity contribution in [2.45, 2.75) is 28.9 Å². The molecule has 3 heterocycles. The van der Waals surface area contributed by atoms with E-state index in [9.17, 15) is 13.2 Å². The molecule has 3 aromatic rings. The van der Waals surface area contributed by atoms with Crippen molar-refractivity contribution in [3.8, 4) is 0 Å². The second-order valence-corrected chi connectivity index (χ2v) is 9.87. The Kier molecular flexibility index (Phi) is 3.74. The van der Waals surface area contributed by atoms with Gasteiger partial charge in [-0.15, -0.1) is 0 Å². The van der Waals surface area contributed by atoms with Crippen LogP contribution in [0.2, 0.25) is 0 Å². The van der Waals surface area contributed by atoms with Crippen LogP contribution >= 0.6 is 0 Å². The van der Waals surface area contributed by atoms with E-state index in [-0.39, 0.29) is 17.2 Å². The zero-order valence-corrected chi connectivity index (χ0v) is 17.3. The number of esters is 1. The molecule has 2 unspecified atom stereocenters. The molecular formula is C25H19NO4S. The van der Waals surface area contributed by atoms with Gasteiger partial charge in [0.25, 0.3) is 10.0 Å². The van der Waals surface area contributed by atoms with Crippen LogP contribution in [0, 0.1) is 0 Å². The third kappa shape index (κ3) is 2.36. The summed E-state index contributed by atoms with van der Waals surface area (Å²) in [5.74, 6) is -0.726. The molecule has 6 heteroatoms. The largest absolute Gasteiger partial charge is 0.451 e. The SMILES string of the molecule is O=C1CC2N3C(=CC(c4ccccc4)[C@]2(c2ccccc2)O1)c1ccccc1S3(=O)=O. The maximum absolute atomic E-state index is 13.6. The summed E-state index contributed by atoms with van der Waals surface area (Å²) in [7, 11) is -3.80. The lowest BCUT2D eigenvalue weighted by Crippen LogP contribution is -2.53. The highest BCUT2D eigenvalue weighted by molar-refractivity contribution is 7.90. The Labute approximate surface area is 180 Å². The maximum atomic E-state index is 13.6. The van der Waals surface area contributed by atoms with Gasteiger partial charge in [-0.25, -0.2) is 8.42 Å². The Bertz CT molecular complexity index is 1330. The maximum Gasteiger partial charge on any atom is 0.309 e. The van der Waals surface area contributed by atoms with Crippen molar-refractivity contribution in [3.05, 3.63) is 108 Å². The monoisotopic (exact) mass is 429 g/mol. The quantitative estimate of drug-likeness (QED) is 0.577. The number of sulfonamides is 1. The Morgan fingerprint density at radius 2 is 1.52 bits per heavy atom. The molecule has 0 aromatic heterocycles. The van der Waals surface area contributed by atoms with Gasteiger partial charge in [0.05, 0.1) is 22.9 Å². The average molecular weight is 429 g/mol. The molecule has 3 aliphatic rings. The van der Waals surface area contributed by atoms with E-state index in [4.69, 9.17) is 4.74 Å². The predicted molar refractivity (Wildman–Crippen MR) is 115 cm³/mol. The topological polar surface area (TPSA) is 63.7 Å². The number of hydrogen-bond donors (Lipinski definition) is 0. The number of hydrogen-bond acceptors (Lipinski definition) is 4. The van der Waals surface area contributed by atoms with Crippen LogP contribution < -0.4 is 0 Å². The normalized spacial score (nSPS) is 27.7. The summed E-state index contributed by atoms with van der Waals surface area (Å²) >= 11 is 0. The third-order valence-corrected chi connectivity index (χ3v) is 8.41. The molecule has 3 aromatic carbocycles. The lowest BCUT2D eigenvalue weighted by atomic mass is 9.70. The highest BCUT2D eigenvalue weighted by Gasteiger charge is 2.64. The smallest absolute Gasteiger partial charge is 0.309 e. The molecule has 0 N–H and O–H groups in total. The molecule has 0 spiro atoms. The summed E-state index contributed by atoms with van der Waals surface area (Å²) in [5.41, 5.74) is 1.92. The molecule has 154 valence electrons. The first-order chi connectivity index (χ1) is 15.0. The number of nitrogens with zero attached hydrogens (tertiary/aromatic N) is 1. The van der Waals surface area contributed by atoms with Gasteiger partial charge in [0.2, 0.25) is 0 Å². The van der Waals surface area contributed by atoms with E-state index in [1.54, 1.807) is 12.1 Å². The van der Waals surface area contributed by atoms with Crippen LogP contribution in [0.15, 0.2) is 95.9 Å². The lowest BCUT2D eigenvalue weighted by Gasteiger charge is -2.46. The van der Waals surface area contributed by atoms with E-state index < -0.39 is 27.6 Å². The minimum absolute atomic E-state index is 0.00276. The van der Waals surface area contributed by atoms with Gasteiger partial charge in [-0.2, -0.15) is 0 Å². The standard InChI is InChI=1S/C25H19NO4S/c27-24-16-23-25(30-24,18-11-5-2-6-12-18)20(17-9-3-1-4-10-17)15-21-19-13-7-8-14-22(19)31(28,29)26(21)23/h1-15,20,23H,16H2/t20?,23?,25-/m0/s1. The molecular weight excluding hydrogens is 410 g/mol. The molecule has 0 aliphatic carbocycles. The Hall–Kier alpha value is -3.38. The van der Waals surface area contributed by atoms with Gasteiger partial charge in [0, 0.05) is 5.56 Å². The number of benzene rings is 3. The van der Waals surface area contributed by atoms with Crippen molar-refractivity contribution >= 4 is 21.7 Å². The van der Waals surface area contributed by atoms with E-state index in [0.717, 1.165) is 11.1 Å². The van der Waals surface area contributed by atoms with Crippen LogP contribution in [-0.2, 0) is 25.2 Å². The molecule has 0 bridgehead atoms. The Morgan fingerprint density at radius 1 is 0.871 bits per heavy atom. The van der Waals surface area contributed by atoms with Crippen molar-refractivity contribution in [2.24, 2.45) is 0 Å². The molecule has 31 heavy (non-hydrogen) atoms. The summed E-state index contributed by atoms with van der Waals surface area (Å²) in [6.45, 7) is 0. The minimum atomic E-state index is -3.80.